The Kier molecular flexibility index (Phi) is 6.00. The number of benzene rings is 1. The van der Waals surface area contributed by atoms with Crippen molar-refractivity contribution in [3.63, 3.8) is 0 Å². The highest BCUT2D eigenvalue weighted by Gasteiger charge is 2.22. The molecule has 4 heterocycles. The highest BCUT2D eigenvalue weighted by Crippen LogP contribution is 2.25. The smallest absolute Gasteiger partial charge is 0.229 e. The van der Waals surface area contributed by atoms with Gasteiger partial charge in [-0.05, 0) is 45.5 Å². The van der Waals surface area contributed by atoms with Crippen molar-refractivity contribution in [1.82, 2.24) is 24.5 Å². The van der Waals surface area contributed by atoms with Crippen molar-refractivity contribution < 1.29 is 4.74 Å². The Morgan fingerprint density at radius 3 is 2.72 bits per heavy atom. The number of rotatable bonds is 5. The van der Waals surface area contributed by atoms with Gasteiger partial charge in [0, 0.05) is 19.1 Å². The van der Waals surface area contributed by atoms with E-state index < -0.39 is 0 Å². The van der Waals surface area contributed by atoms with Gasteiger partial charge in [0.05, 0.1) is 19.4 Å². The van der Waals surface area contributed by atoms with Crippen LogP contribution in [0.25, 0.3) is 11.2 Å². The average molecular weight is 435 g/mol. The van der Waals surface area contributed by atoms with Crippen molar-refractivity contribution >= 4 is 29.1 Å². The van der Waals surface area contributed by atoms with Gasteiger partial charge in [0.25, 0.3) is 0 Å². The second-order valence-corrected chi connectivity index (χ2v) is 8.61. The minimum atomic E-state index is 0.378. The molecule has 0 radical (unpaired) electrons. The average Bonchev–Trinajstić information content (AvgIpc) is 3.23. The summed E-state index contributed by atoms with van der Waals surface area (Å²) in [7, 11) is 2.17. The van der Waals surface area contributed by atoms with Crippen LogP contribution in [0.15, 0.2) is 35.7 Å². The van der Waals surface area contributed by atoms with E-state index in [0.29, 0.717) is 30.9 Å². The predicted octanol–water partition coefficient (Wildman–Crippen LogP) is 2.36. The summed E-state index contributed by atoms with van der Waals surface area (Å²) >= 11 is 0. The Bertz CT molecular complexity index is 1100. The summed E-state index contributed by atoms with van der Waals surface area (Å²) in [5.74, 6) is 1.49. The molecule has 32 heavy (non-hydrogen) atoms. The van der Waals surface area contributed by atoms with E-state index in [0.717, 1.165) is 55.9 Å². The zero-order valence-corrected chi connectivity index (χ0v) is 18.7. The van der Waals surface area contributed by atoms with E-state index in [-0.39, 0.29) is 0 Å². The Morgan fingerprint density at radius 1 is 1.12 bits per heavy atom. The number of morpholine rings is 1. The third kappa shape index (κ3) is 4.58. The third-order valence-corrected chi connectivity index (χ3v) is 6.09. The monoisotopic (exact) mass is 434 g/mol. The van der Waals surface area contributed by atoms with Gasteiger partial charge in [0.2, 0.25) is 5.95 Å². The highest BCUT2D eigenvalue weighted by atomic mass is 16.5. The minimum Gasteiger partial charge on any atom is -0.378 e. The number of anilines is 2. The first-order chi connectivity index (χ1) is 15.7. The molecule has 1 aromatic carbocycles. The van der Waals surface area contributed by atoms with Gasteiger partial charge in [-0.25, -0.2) is 9.66 Å². The van der Waals surface area contributed by atoms with Crippen LogP contribution in [0.2, 0.25) is 0 Å². The fourth-order valence-corrected chi connectivity index (χ4v) is 4.19. The minimum absolute atomic E-state index is 0.378. The number of nitrogens with zero attached hydrogens (tertiary/aromatic N) is 7. The van der Waals surface area contributed by atoms with E-state index in [1.807, 2.05) is 18.3 Å². The normalized spacial score (nSPS) is 18.6. The van der Waals surface area contributed by atoms with E-state index >= 15 is 0 Å². The van der Waals surface area contributed by atoms with Gasteiger partial charge in [-0.3, -0.25) is 0 Å². The molecular formula is C23H30N8O. The van der Waals surface area contributed by atoms with Gasteiger partial charge >= 0.3 is 0 Å². The van der Waals surface area contributed by atoms with E-state index in [1.165, 1.54) is 5.56 Å². The predicted molar refractivity (Wildman–Crippen MR) is 127 cm³/mol. The number of aryl methyl sites for hydroxylation is 1. The highest BCUT2D eigenvalue weighted by molar-refractivity contribution is 5.85. The number of hydrogen-bond acceptors (Lipinski definition) is 8. The van der Waals surface area contributed by atoms with Crippen LogP contribution in [0.5, 0.6) is 0 Å². The number of aromatic nitrogens is 4. The van der Waals surface area contributed by atoms with Crippen molar-refractivity contribution in [2.24, 2.45) is 5.10 Å². The zero-order chi connectivity index (χ0) is 21.9. The SMILES string of the molecule is Cc1cccc(C=Nn2cnc3c(NC4CCN(C)CC4)nc(N4CCOCC4)nc32)c1. The second-order valence-electron chi connectivity index (χ2n) is 8.61. The van der Waals surface area contributed by atoms with E-state index in [1.54, 1.807) is 11.0 Å². The lowest BCUT2D eigenvalue weighted by molar-refractivity contribution is 0.122. The molecule has 2 fully saturated rings. The fourth-order valence-electron chi connectivity index (χ4n) is 4.19. The van der Waals surface area contributed by atoms with Crippen molar-refractivity contribution in [2.75, 3.05) is 56.7 Å². The van der Waals surface area contributed by atoms with Crippen LogP contribution in [0.4, 0.5) is 11.8 Å². The van der Waals surface area contributed by atoms with Crippen molar-refractivity contribution in [3.05, 3.63) is 41.7 Å². The molecule has 9 nitrogen and oxygen atoms in total. The van der Waals surface area contributed by atoms with Crippen LogP contribution in [0.3, 0.4) is 0 Å². The lowest BCUT2D eigenvalue weighted by Gasteiger charge is -2.30. The maximum absolute atomic E-state index is 5.52. The van der Waals surface area contributed by atoms with Crippen molar-refractivity contribution in [3.8, 4) is 0 Å². The summed E-state index contributed by atoms with van der Waals surface area (Å²) in [6, 6.07) is 8.63. The Hall–Kier alpha value is -3.04. The summed E-state index contributed by atoms with van der Waals surface area (Å²) in [5.41, 5.74) is 3.70. The number of likely N-dealkylation sites (tertiary alicyclic amines) is 1. The molecule has 0 bridgehead atoms. The molecule has 2 aliphatic rings. The number of nitrogens with one attached hydrogen (secondary N) is 1. The largest absolute Gasteiger partial charge is 0.378 e. The lowest BCUT2D eigenvalue weighted by atomic mass is 10.1. The first kappa shape index (κ1) is 20.8. The lowest BCUT2D eigenvalue weighted by Crippen LogP contribution is -2.38. The topological polar surface area (TPSA) is 83.7 Å². The van der Waals surface area contributed by atoms with Crippen LogP contribution in [0, 0.1) is 6.92 Å². The quantitative estimate of drug-likeness (QED) is 0.617. The van der Waals surface area contributed by atoms with E-state index in [4.69, 9.17) is 14.7 Å². The summed E-state index contributed by atoms with van der Waals surface area (Å²) in [6.07, 6.45) is 5.73. The number of fused-ring (bicyclic) bond motifs is 1. The van der Waals surface area contributed by atoms with Crippen LogP contribution >= 0.6 is 0 Å². The van der Waals surface area contributed by atoms with Crippen molar-refractivity contribution in [1.29, 1.82) is 0 Å². The fraction of sp³-hybridized carbons (Fsp3) is 0.478. The van der Waals surface area contributed by atoms with E-state index in [2.05, 4.69) is 51.3 Å². The third-order valence-electron chi connectivity index (χ3n) is 6.09. The van der Waals surface area contributed by atoms with Gasteiger partial charge in [-0.15, -0.1) is 0 Å². The van der Waals surface area contributed by atoms with Crippen molar-refractivity contribution in [2.45, 2.75) is 25.8 Å². The van der Waals surface area contributed by atoms with E-state index in [9.17, 15) is 0 Å². The van der Waals surface area contributed by atoms with Crippen LogP contribution < -0.4 is 10.2 Å². The number of piperidine rings is 1. The molecule has 2 aromatic heterocycles. The Labute approximate surface area is 188 Å². The molecular weight excluding hydrogens is 404 g/mol. The summed E-state index contributed by atoms with van der Waals surface area (Å²) in [5, 5.41) is 8.31. The number of hydrogen-bond donors (Lipinski definition) is 1. The molecule has 0 spiro atoms. The van der Waals surface area contributed by atoms with Gasteiger partial charge in [-0.1, -0.05) is 29.8 Å². The maximum atomic E-state index is 5.52. The summed E-state index contributed by atoms with van der Waals surface area (Å²) in [4.78, 5) is 18.9. The molecule has 3 aromatic rings. The standard InChI is InChI=1S/C23H30N8O/c1-17-4-3-5-18(14-17)15-25-31-16-24-20-21(26-19-6-8-29(2)9-7-19)27-23(28-22(20)31)30-10-12-32-13-11-30/h3-5,14-16,19H,6-13H2,1-2H3,(H,26,27,28). The zero-order valence-electron chi connectivity index (χ0n) is 18.7. The molecule has 5 rings (SSSR count). The first-order valence-electron chi connectivity index (χ1n) is 11.3. The Balaban J connectivity index is 1.49. The Morgan fingerprint density at radius 2 is 1.94 bits per heavy atom. The molecule has 0 atom stereocenters. The molecule has 0 amide bonds. The van der Waals surface area contributed by atoms with Crippen LogP contribution in [0.1, 0.15) is 24.0 Å². The molecule has 0 aliphatic carbocycles. The van der Waals surface area contributed by atoms with Gasteiger partial charge in [0.1, 0.15) is 6.33 Å². The molecule has 168 valence electrons. The number of imidazole rings is 1. The summed E-state index contributed by atoms with van der Waals surface area (Å²) < 4.78 is 7.26. The van der Waals surface area contributed by atoms with Gasteiger partial charge in [0.15, 0.2) is 17.0 Å². The first-order valence-corrected chi connectivity index (χ1v) is 11.3. The van der Waals surface area contributed by atoms with Gasteiger partial charge in [-0.2, -0.15) is 15.1 Å². The van der Waals surface area contributed by atoms with Gasteiger partial charge < -0.3 is 19.9 Å². The number of ether oxygens (including phenoxy) is 1. The molecule has 2 aliphatic heterocycles. The maximum Gasteiger partial charge on any atom is 0.229 e. The van der Waals surface area contributed by atoms with Crippen LogP contribution in [-0.2, 0) is 4.74 Å². The molecule has 0 saturated carbocycles. The molecule has 9 heteroatoms. The molecule has 2 saturated heterocycles. The molecule has 0 unspecified atom stereocenters. The van der Waals surface area contributed by atoms with Crippen LogP contribution in [-0.4, -0.2) is 83.2 Å². The summed E-state index contributed by atoms with van der Waals surface area (Å²) in [6.45, 7) is 7.16. The molecule has 1 N–H and O–H groups in total. The second kappa shape index (κ2) is 9.22.